The minimum absolute atomic E-state index is 0.138. The van der Waals surface area contributed by atoms with Crippen LogP contribution in [0.2, 0.25) is 0 Å². The normalized spacial score (nSPS) is 14.1. The number of aryl methyl sites for hydroxylation is 2. The number of para-hydroxylation sites is 4. The van der Waals surface area contributed by atoms with Gasteiger partial charge in [0.1, 0.15) is 0 Å². The molecule has 0 amide bonds. The number of unbranched alkanes of at least 4 members (excludes halogenated alkanes) is 6. The molecule has 72 heavy (non-hydrogen) atoms. The largest absolute Gasteiger partial charge is 0.310 e. The Hall–Kier alpha value is -7.42. The molecule has 0 radical (unpaired) electrons. The number of fused-ring (bicyclic) bond motifs is 7. The molecule has 0 N–H and O–H groups in total. The fourth-order valence-corrected chi connectivity index (χ4v) is 13.2. The van der Waals surface area contributed by atoms with Gasteiger partial charge in [0, 0.05) is 45.0 Å². The summed E-state index contributed by atoms with van der Waals surface area (Å²) in [4.78, 5) is 4.91. The van der Waals surface area contributed by atoms with Gasteiger partial charge in [-0.3, -0.25) is 0 Å². The molecule has 3 aliphatic carbocycles. The average molecular weight is 935 g/mol. The lowest BCUT2D eigenvalue weighted by Crippen LogP contribution is -2.28. The van der Waals surface area contributed by atoms with Gasteiger partial charge in [-0.15, -0.1) is 0 Å². The Bertz CT molecular complexity index is 3040. The topological polar surface area (TPSA) is 6.48 Å². The Balaban J connectivity index is 0.925. The summed E-state index contributed by atoms with van der Waals surface area (Å²) in [6.07, 6.45) is 15.4. The van der Waals surface area contributed by atoms with Crippen LogP contribution in [0.15, 0.2) is 224 Å². The minimum atomic E-state index is -0.154. The molecule has 0 spiro atoms. The van der Waals surface area contributed by atoms with Gasteiger partial charge >= 0.3 is 0 Å². The second-order valence-electron chi connectivity index (χ2n) is 20.8. The van der Waals surface area contributed by atoms with Gasteiger partial charge in [0.2, 0.25) is 0 Å². The van der Waals surface area contributed by atoms with Crippen molar-refractivity contribution in [3.63, 3.8) is 0 Å². The lowest BCUT2D eigenvalue weighted by atomic mass is 9.67. The van der Waals surface area contributed by atoms with Gasteiger partial charge in [-0.2, -0.15) is 0 Å². The van der Waals surface area contributed by atoms with Crippen molar-refractivity contribution in [1.29, 1.82) is 0 Å². The summed E-state index contributed by atoms with van der Waals surface area (Å²) in [5.74, 6) is 0. The van der Waals surface area contributed by atoms with Crippen LogP contribution in [-0.4, -0.2) is 0 Å². The van der Waals surface area contributed by atoms with Crippen molar-refractivity contribution in [2.45, 2.75) is 101 Å². The highest BCUT2D eigenvalue weighted by molar-refractivity contribution is 5.89. The maximum absolute atomic E-state index is 2.59. The second kappa shape index (κ2) is 20.0. The summed E-state index contributed by atoms with van der Waals surface area (Å²) in [6.45, 7) is 2.34. The molecule has 356 valence electrons. The molecule has 0 saturated carbocycles. The molecule has 0 aliphatic heterocycles. The quantitative estimate of drug-likeness (QED) is 0.0746. The molecule has 0 bridgehead atoms. The summed E-state index contributed by atoms with van der Waals surface area (Å²) >= 11 is 0. The van der Waals surface area contributed by atoms with Crippen LogP contribution >= 0.6 is 0 Å². The Morgan fingerprint density at radius 3 is 1.15 bits per heavy atom. The average Bonchev–Trinajstić information content (AvgIpc) is 3.87. The van der Waals surface area contributed by atoms with Gasteiger partial charge in [0.05, 0.1) is 0 Å². The van der Waals surface area contributed by atoms with Crippen LogP contribution < -0.4 is 9.80 Å². The van der Waals surface area contributed by atoms with Gasteiger partial charge in [0.25, 0.3) is 0 Å². The van der Waals surface area contributed by atoms with Crippen LogP contribution in [0.3, 0.4) is 0 Å². The van der Waals surface area contributed by atoms with E-state index >= 15 is 0 Å². The molecule has 9 aromatic carbocycles. The van der Waals surface area contributed by atoms with E-state index < -0.39 is 0 Å². The fraction of sp³-hybridized carbons (Fsp3) is 0.229. The first kappa shape index (κ1) is 45.7. The summed E-state index contributed by atoms with van der Waals surface area (Å²) in [5, 5.41) is 0. The van der Waals surface area contributed by atoms with E-state index in [1.807, 2.05) is 0 Å². The minimum Gasteiger partial charge on any atom is -0.310 e. The highest BCUT2D eigenvalue weighted by Gasteiger charge is 2.45. The van der Waals surface area contributed by atoms with Crippen LogP contribution in [0.1, 0.15) is 116 Å². The number of benzene rings is 9. The predicted molar refractivity (Wildman–Crippen MR) is 304 cm³/mol. The molecular weight excluding hydrogens is 869 g/mol. The lowest BCUT2D eigenvalue weighted by Gasteiger charge is -2.35. The molecule has 2 nitrogen and oxygen atoms in total. The van der Waals surface area contributed by atoms with Crippen LogP contribution in [-0.2, 0) is 23.7 Å². The first-order chi connectivity index (χ1) is 35.7. The Morgan fingerprint density at radius 1 is 0.319 bits per heavy atom. The van der Waals surface area contributed by atoms with E-state index in [0.717, 1.165) is 19.3 Å². The molecular formula is C70H66N2. The van der Waals surface area contributed by atoms with Crippen LogP contribution in [0.25, 0.3) is 22.3 Å². The zero-order chi connectivity index (χ0) is 48.3. The summed E-state index contributed by atoms with van der Waals surface area (Å²) in [6, 6.07) is 84.7. The summed E-state index contributed by atoms with van der Waals surface area (Å²) in [7, 11) is 0. The van der Waals surface area contributed by atoms with E-state index in [-0.39, 0.29) is 10.8 Å². The number of rotatable bonds is 19. The van der Waals surface area contributed by atoms with E-state index in [4.69, 9.17) is 0 Å². The number of nitrogens with zero attached hydrogens (tertiary/aromatic N) is 2. The molecule has 12 rings (SSSR count). The molecule has 0 atom stereocenters. The van der Waals surface area contributed by atoms with Crippen molar-refractivity contribution in [2.75, 3.05) is 9.80 Å². The zero-order valence-corrected chi connectivity index (χ0v) is 41.9. The summed E-state index contributed by atoms with van der Waals surface area (Å²) < 4.78 is 0. The first-order valence-corrected chi connectivity index (χ1v) is 27.1. The van der Waals surface area contributed by atoms with Crippen molar-refractivity contribution < 1.29 is 0 Å². The SMILES string of the molecule is CCCCCCC1(CCCCCCC2(c3ccc4c(c3)CC4)c3ccccc3-c3ccccc32)c2cc(N(c3ccccc3)c3ccccc3)ccc2-c2ccc(N(c3ccccc3)c3ccccc3)cc21. The molecule has 9 aromatic rings. The predicted octanol–water partition coefficient (Wildman–Crippen LogP) is 19.3. The van der Waals surface area contributed by atoms with E-state index in [0.29, 0.717) is 0 Å². The van der Waals surface area contributed by atoms with E-state index in [9.17, 15) is 0 Å². The van der Waals surface area contributed by atoms with Crippen molar-refractivity contribution >= 4 is 34.1 Å². The molecule has 0 aromatic heterocycles. The molecule has 0 fully saturated rings. The Morgan fingerprint density at radius 2 is 0.722 bits per heavy atom. The molecule has 0 saturated heterocycles. The third kappa shape index (κ3) is 8.16. The van der Waals surface area contributed by atoms with Crippen molar-refractivity contribution in [2.24, 2.45) is 0 Å². The van der Waals surface area contributed by atoms with Gasteiger partial charge in [-0.1, -0.05) is 210 Å². The van der Waals surface area contributed by atoms with Crippen LogP contribution in [0.4, 0.5) is 34.1 Å². The fourth-order valence-electron chi connectivity index (χ4n) is 13.2. The summed E-state index contributed by atoms with van der Waals surface area (Å²) in [5.41, 5.74) is 23.0. The van der Waals surface area contributed by atoms with Crippen LogP contribution in [0, 0.1) is 0 Å². The van der Waals surface area contributed by atoms with Gasteiger partial charge in [-0.05, 0) is 166 Å². The van der Waals surface area contributed by atoms with Gasteiger partial charge < -0.3 is 9.80 Å². The maximum atomic E-state index is 2.59. The Labute approximate surface area is 428 Å². The first-order valence-electron chi connectivity index (χ1n) is 27.1. The molecule has 3 aliphatic rings. The number of hydrogen-bond acceptors (Lipinski definition) is 2. The van der Waals surface area contributed by atoms with Crippen molar-refractivity contribution in [3.8, 4) is 22.3 Å². The highest BCUT2D eigenvalue weighted by Crippen LogP contribution is 2.58. The highest BCUT2D eigenvalue weighted by atomic mass is 15.1. The van der Waals surface area contributed by atoms with Gasteiger partial charge in [-0.25, -0.2) is 0 Å². The second-order valence-corrected chi connectivity index (χ2v) is 20.8. The molecule has 2 heteroatoms. The molecule has 0 unspecified atom stereocenters. The van der Waals surface area contributed by atoms with Crippen molar-refractivity contribution in [1.82, 2.24) is 0 Å². The molecule has 0 heterocycles. The number of anilines is 6. The Kier molecular flexibility index (Phi) is 12.7. The van der Waals surface area contributed by atoms with E-state index in [2.05, 4.69) is 241 Å². The van der Waals surface area contributed by atoms with Crippen molar-refractivity contribution in [3.05, 3.63) is 263 Å². The van der Waals surface area contributed by atoms with E-state index in [1.54, 1.807) is 5.56 Å². The zero-order valence-electron chi connectivity index (χ0n) is 41.9. The monoisotopic (exact) mass is 935 g/mol. The smallest absolute Gasteiger partial charge is 0.0465 e. The third-order valence-electron chi connectivity index (χ3n) is 16.7. The standard InChI is InChI=1S/C70H66N2/c1-2-3-4-23-46-69(47-24-5-6-25-48-70(54-41-40-52-38-39-53(52)49-54)65-36-21-19-34-61(65)62-35-20-22-37-66(62)70)67-50-59(71(55-26-11-7-12-27-55)56-28-13-8-14-29-56)42-44-63(67)64-45-43-60(51-68(64)69)72(57-30-15-9-16-31-57)58-32-17-10-18-33-58/h7-22,26-37,40-45,49-51H,2-6,23-25,38-39,46-48H2,1H3. The lowest BCUT2D eigenvalue weighted by molar-refractivity contribution is 0.397. The van der Waals surface area contributed by atoms with Gasteiger partial charge in [0.15, 0.2) is 0 Å². The maximum Gasteiger partial charge on any atom is 0.0465 e. The number of hydrogen-bond donors (Lipinski definition) is 0. The van der Waals surface area contributed by atoms with E-state index in [1.165, 1.54) is 154 Å². The third-order valence-corrected chi connectivity index (χ3v) is 16.7. The van der Waals surface area contributed by atoms with Crippen LogP contribution in [0.5, 0.6) is 0 Å².